The monoisotopic (exact) mass is 362 g/mol. The van der Waals surface area contributed by atoms with E-state index in [-0.39, 0.29) is 6.04 Å². The van der Waals surface area contributed by atoms with Gasteiger partial charge in [-0.2, -0.15) is 13.2 Å². The van der Waals surface area contributed by atoms with Crippen molar-refractivity contribution in [1.29, 1.82) is 0 Å². The highest BCUT2D eigenvalue weighted by Crippen LogP contribution is 2.41. The minimum atomic E-state index is -4.37. The number of benzene rings is 1. The van der Waals surface area contributed by atoms with Gasteiger partial charge in [0.1, 0.15) is 0 Å². The van der Waals surface area contributed by atoms with Gasteiger partial charge in [-0.3, -0.25) is 0 Å². The van der Waals surface area contributed by atoms with Crippen LogP contribution in [0.25, 0.3) is 17.0 Å². The highest BCUT2D eigenvalue weighted by Gasteiger charge is 2.32. The van der Waals surface area contributed by atoms with Crippen LogP contribution in [0.4, 0.5) is 24.7 Å². The van der Waals surface area contributed by atoms with E-state index in [1.807, 2.05) is 19.9 Å². The first-order valence-electron chi connectivity index (χ1n) is 8.80. The SMILES string of the molecule is CC1=Cc2c(c(N3CCNCC3)nc3ccc(C(F)(F)F)cc23)NC1C. The zero-order valence-corrected chi connectivity index (χ0v) is 14.7. The Kier molecular flexibility index (Phi) is 4.06. The molecule has 0 bridgehead atoms. The summed E-state index contributed by atoms with van der Waals surface area (Å²) in [6.07, 6.45) is -2.38. The highest BCUT2D eigenvalue weighted by atomic mass is 19.4. The molecule has 1 fully saturated rings. The zero-order valence-electron chi connectivity index (χ0n) is 14.7. The van der Waals surface area contributed by atoms with Crippen molar-refractivity contribution in [3.8, 4) is 0 Å². The number of fused-ring (bicyclic) bond motifs is 3. The van der Waals surface area contributed by atoms with E-state index in [9.17, 15) is 13.2 Å². The van der Waals surface area contributed by atoms with Gasteiger partial charge in [-0.1, -0.05) is 11.6 Å². The van der Waals surface area contributed by atoms with Gasteiger partial charge in [0, 0.05) is 43.2 Å². The summed E-state index contributed by atoms with van der Waals surface area (Å²) in [5.74, 6) is 0.823. The molecule has 138 valence electrons. The predicted octanol–water partition coefficient (Wildman–Crippen LogP) is 3.88. The zero-order chi connectivity index (χ0) is 18.5. The van der Waals surface area contributed by atoms with Crippen molar-refractivity contribution >= 4 is 28.5 Å². The molecule has 1 aromatic heterocycles. The highest BCUT2D eigenvalue weighted by molar-refractivity contribution is 5.99. The number of hydrogen-bond acceptors (Lipinski definition) is 4. The molecule has 0 saturated carbocycles. The van der Waals surface area contributed by atoms with E-state index in [4.69, 9.17) is 4.98 Å². The summed E-state index contributed by atoms with van der Waals surface area (Å²) in [5, 5.41) is 7.30. The van der Waals surface area contributed by atoms with E-state index in [0.717, 1.165) is 54.9 Å². The Morgan fingerprint density at radius 1 is 1.19 bits per heavy atom. The molecule has 2 aliphatic rings. The Morgan fingerprint density at radius 3 is 2.62 bits per heavy atom. The van der Waals surface area contributed by atoms with Gasteiger partial charge in [-0.15, -0.1) is 0 Å². The van der Waals surface area contributed by atoms with Crippen LogP contribution >= 0.6 is 0 Å². The number of alkyl halides is 3. The average molecular weight is 362 g/mol. The summed E-state index contributed by atoms with van der Waals surface area (Å²) >= 11 is 0. The van der Waals surface area contributed by atoms with E-state index < -0.39 is 11.7 Å². The Labute approximate surface area is 150 Å². The van der Waals surface area contributed by atoms with Crippen LogP contribution in [-0.2, 0) is 6.18 Å². The number of nitrogens with one attached hydrogen (secondary N) is 2. The van der Waals surface area contributed by atoms with E-state index in [1.54, 1.807) is 0 Å². The van der Waals surface area contributed by atoms with Crippen LogP contribution in [0.5, 0.6) is 0 Å². The first kappa shape index (κ1) is 17.1. The first-order valence-corrected chi connectivity index (χ1v) is 8.80. The van der Waals surface area contributed by atoms with Crippen LogP contribution in [0.15, 0.2) is 23.8 Å². The van der Waals surface area contributed by atoms with Crippen molar-refractivity contribution in [3.63, 3.8) is 0 Å². The summed E-state index contributed by atoms with van der Waals surface area (Å²) in [6.45, 7) is 7.42. The lowest BCUT2D eigenvalue weighted by Gasteiger charge is -2.34. The van der Waals surface area contributed by atoms with Crippen LogP contribution in [0.3, 0.4) is 0 Å². The lowest BCUT2D eigenvalue weighted by Crippen LogP contribution is -2.44. The Balaban J connectivity index is 1.96. The van der Waals surface area contributed by atoms with Crippen LogP contribution in [0, 0.1) is 0 Å². The Bertz CT molecular complexity index is 882. The molecule has 1 saturated heterocycles. The second-order valence-electron chi connectivity index (χ2n) is 6.95. The number of nitrogens with zero attached hydrogens (tertiary/aromatic N) is 2. The van der Waals surface area contributed by atoms with Crippen molar-refractivity contribution in [2.45, 2.75) is 26.1 Å². The molecule has 0 radical (unpaired) electrons. The van der Waals surface area contributed by atoms with Crippen LogP contribution in [0.2, 0.25) is 0 Å². The van der Waals surface area contributed by atoms with Crippen molar-refractivity contribution in [1.82, 2.24) is 10.3 Å². The summed E-state index contributed by atoms with van der Waals surface area (Å²) < 4.78 is 39.6. The molecule has 0 amide bonds. The molecular weight excluding hydrogens is 341 g/mol. The van der Waals surface area contributed by atoms with Gasteiger partial charge in [0.2, 0.25) is 0 Å². The number of anilines is 2. The van der Waals surface area contributed by atoms with E-state index in [0.29, 0.717) is 10.9 Å². The minimum Gasteiger partial charge on any atom is -0.375 e. The molecule has 1 unspecified atom stereocenters. The quantitative estimate of drug-likeness (QED) is 0.808. The van der Waals surface area contributed by atoms with E-state index >= 15 is 0 Å². The topological polar surface area (TPSA) is 40.2 Å². The lowest BCUT2D eigenvalue weighted by atomic mass is 9.95. The smallest absolute Gasteiger partial charge is 0.375 e. The molecule has 26 heavy (non-hydrogen) atoms. The number of halogens is 3. The maximum Gasteiger partial charge on any atom is 0.416 e. The van der Waals surface area contributed by atoms with Crippen molar-refractivity contribution in [2.75, 3.05) is 36.4 Å². The number of pyridine rings is 1. The van der Waals surface area contributed by atoms with E-state index in [2.05, 4.69) is 15.5 Å². The molecule has 4 rings (SSSR count). The average Bonchev–Trinajstić information content (AvgIpc) is 2.62. The second kappa shape index (κ2) is 6.16. The first-order chi connectivity index (χ1) is 12.3. The number of hydrogen-bond donors (Lipinski definition) is 2. The van der Waals surface area contributed by atoms with Gasteiger partial charge in [0.15, 0.2) is 5.82 Å². The molecule has 0 spiro atoms. The Hall–Kier alpha value is -2.28. The molecule has 0 aliphatic carbocycles. The molecular formula is C19H21F3N4. The van der Waals surface area contributed by atoms with Gasteiger partial charge in [0.05, 0.1) is 16.8 Å². The second-order valence-corrected chi connectivity index (χ2v) is 6.95. The van der Waals surface area contributed by atoms with Gasteiger partial charge >= 0.3 is 6.18 Å². The van der Waals surface area contributed by atoms with Gasteiger partial charge in [0.25, 0.3) is 0 Å². The van der Waals surface area contributed by atoms with Crippen molar-refractivity contribution in [3.05, 3.63) is 34.9 Å². The van der Waals surface area contributed by atoms with Crippen molar-refractivity contribution < 1.29 is 13.2 Å². The molecule has 1 atom stereocenters. The number of piperazine rings is 1. The van der Waals surface area contributed by atoms with E-state index in [1.165, 1.54) is 12.1 Å². The van der Waals surface area contributed by atoms with Crippen LogP contribution in [0.1, 0.15) is 25.0 Å². The fraction of sp³-hybridized carbons (Fsp3) is 0.421. The fourth-order valence-corrected chi connectivity index (χ4v) is 3.53. The van der Waals surface area contributed by atoms with Gasteiger partial charge < -0.3 is 15.5 Å². The maximum atomic E-state index is 13.2. The molecule has 2 N–H and O–H groups in total. The van der Waals surface area contributed by atoms with Gasteiger partial charge in [-0.05, 0) is 32.0 Å². The molecule has 3 heterocycles. The minimum absolute atomic E-state index is 0.120. The predicted molar refractivity (Wildman–Crippen MR) is 98.6 cm³/mol. The number of aromatic nitrogens is 1. The molecule has 4 nitrogen and oxygen atoms in total. The summed E-state index contributed by atoms with van der Waals surface area (Å²) in [5.41, 5.74) is 2.66. The fourth-order valence-electron chi connectivity index (χ4n) is 3.53. The molecule has 2 aliphatic heterocycles. The Morgan fingerprint density at radius 2 is 1.92 bits per heavy atom. The third-order valence-electron chi connectivity index (χ3n) is 5.17. The molecule has 1 aromatic carbocycles. The number of rotatable bonds is 1. The summed E-state index contributed by atoms with van der Waals surface area (Å²) in [6, 6.07) is 3.92. The standard InChI is InChI=1S/C19H21F3N4/c1-11-9-15-14-10-13(19(20,21)22)3-4-16(14)25-18(17(15)24-12(11)2)26-7-5-23-6-8-26/h3-4,9-10,12,23-24H,5-8H2,1-2H3. The van der Waals surface area contributed by atoms with Crippen LogP contribution < -0.4 is 15.5 Å². The van der Waals surface area contributed by atoms with Gasteiger partial charge in [-0.25, -0.2) is 4.98 Å². The summed E-state index contributed by atoms with van der Waals surface area (Å²) in [7, 11) is 0. The lowest BCUT2D eigenvalue weighted by molar-refractivity contribution is -0.137. The third kappa shape index (κ3) is 2.90. The molecule has 7 heteroatoms. The van der Waals surface area contributed by atoms with Crippen LogP contribution in [-0.4, -0.2) is 37.2 Å². The summed E-state index contributed by atoms with van der Waals surface area (Å²) in [4.78, 5) is 6.93. The largest absolute Gasteiger partial charge is 0.416 e. The molecule has 2 aromatic rings. The third-order valence-corrected chi connectivity index (χ3v) is 5.17. The maximum absolute atomic E-state index is 13.2. The van der Waals surface area contributed by atoms with Crippen molar-refractivity contribution in [2.24, 2.45) is 0 Å². The normalized spacial score (nSPS) is 20.6.